The fourth-order valence-electron chi connectivity index (χ4n) is 4.60. The van der Waals surface area contributed by atoms with Crippen molar-refractivity contribution in [2.24, 2.45) is 22.7 Å². The second-order valence-electron chi connectivity index (χ2n) is 8.69. The standard InChI is InChI=1S/C21H37N3O2.HI/c1-2-22-21(23-14-20(16-5-6-16)17-7-8-17)24-11-9-18(10-12-24)26-15-19-4-3-13-25-19;/h16-20H,2-15H2,1H3,(H,22,23);1H. The Kier molecular flexibility index (Phi) is 8.51. The van der Waals surface area contributed by atoms with E-state index in [-0.39, 0.29) is 24.0 Å². The third-order valence-corrected chi connectivity index (χ3v) is 6.53. The van der Waals surface area contributed by atoms with Gasteiger partial charge in [-0.1, -0.05) is 0 Å². The Labute approximate surface area is 182 Å². The van der Waals surface area contributed by atoms with Gasteiger partial charge in [0.05, 0.1) is 18.8 Å². The van der Waals surface area contributed by atoms with E-state index in [1.54, 1.807) is 0 Å². The van der Waals surface area contributed by atoms with Crippen LogP contribution in [0.15, 0.2) is 4.99 Å². The number of hydrogen-bond donors (Lipinski definition) is 1. The highest BCUT2D eigenvalue weighted by Gasteiger charge is 2.41. The van der Waals surface area contributed by atoms with Crippen molar-refractivity contribution in [3.8, 4) is 0 Å². The summed E-state index contributed by atoms with van der Waals surface area (Å²) in [5.74, 6) is 3.95. The monoisotopic (exact) mass is 491 g/mol. The van der Waals surface area contributed by atoms with Gasteiger partial charge >= 0.3 is 0 Å². The summed E-state index contributed by atoms with van der Waals surface area (Å²) in [5.41, 5.74) is 0. The van der Waals surface area contributed by atoms with Crippen LogP contribution < -0.4 is 5.32 Å². The molecule has 27 heavy (non-hydrogen) atoms. The van der Waals surface area contributed by atoms with Crippen molar-refractivity contribution in [2.75, 3.05) is 39.4 Å². The summed E-state index contributed by atoms with van der Waals surface area (Å²) in [6, 6.07) is 0. The molecule has 2 saturated heterocycles. The second-order valence-corrected chi connectivity index (χ2v) is 8.69. The number of hydrogen-bond acceptors (Lipinski definition) is 3. The Morgan fingerprint density at radius 1 is 1.11 bits per heavy atom. The van der Waals surface area contributed by atoms with Crippen molar-refractivity contribution in [1.82, 2.24) is 10.2 Å². The Hall–Kier alpha value is -0.0800. The topological polar surface area (TPSA) is 46.1 Å². The molecule has 4 rings (SSSR count). The minimum absolute atomic E-state index is 0. The molecular weight excluding hydrogens is 453 g/mol. The van der Waals surface area contributed by atoms with Gasteiger partial charge in [-0.2, -0.15) is 0 Å². The van der Waals surface area contributed by atoms with Crippen molar-refractivity contribution < 1.29 is 9.47 Å². The zero-order valence-electron chi connectivity index (χ0n) is 16.9. The van der Waals surface area contributed by atoms with Crippen LogP contribution in [0.1, 0.15) is 58.3 Å². The second kappa shape index (κ2) is 10.6. The van der Waals surface area contributed by atoms with E-state index in [1.807, 2.05) is 0 Å². The third kappa shape index (κ3) is 6.46. The van der Waals surface area contributed by atoms with Gasteiger partial charge in [0.1, 0.15) is 0 Å². The molecule has 156 valence electrons. The van der Waals surface area contributed by atoms with Gasteiger partial charge in [-0.3, -0.25) is 4.99 Å². The molecule has 2 heterocycles. The van der Waals surface area contributed by atoms with E-state index in [1.165, 1.54) is 38.5 Å². The number of aliphatic imine (C=N–C) groups is 1. The van der Waals surface area contributed by atoms with Crippen molar-refractivity contribution in [2.45, 2.75) is 70.5 Å². The quantitative estimate of drug-likeness (QED) is 0.320. The molecule has 2 saturated carbocycles. The fraction of sp³-hybridized carbons (Fsp3) is 0.952. The number of likely N-dealkylation sites (tertiary alicyclic amines) is 1. The molecule has 2 aliphatic carbocycles. The molecule has 0 bridgehead atoms. The van der Waals surface area contributed by atoms with Gasteiger partial charge in [0.15, 0.2) is 5.96 Å². The molecule has 0 amide bonds. The summed E-state index contributed by atoms with van der Waals surface area (Å²) < 4.78 is 11.8. The van der Waals surface area contributed by atoms with Crippen LogP contribution in [0.2, 0.25) is 0 Å². The largest absolute Gasteiger partial charge is 0.376 e. The molecular formula is C21H38IN3O2. The summed E-state index contributed by atoms with van der Waals surface area (Å²) >= 11 is 0. The van der Waals surface area contributed by atoms with E-state index in [4.69, 9.17) is 14.5 Å². The van der Waals surface area contributed by atoms with Crippen molar-refractivity contribution in [3.05, 3.63) is 0 Å². The van der Waals surface area contributed by atoms with E-state index in [0.29, 0.717) is 12.2 Å². The molecule has 1 atom stereocenters. The van der Waals surface area contributed by atoms with Gasteiger partial charge in [0, 0.05) is 32.8 Å². The lowest BCUT2D eigenvalue weighted by Gasteiger charge is -2.34. The lowest BCUT2D eigenvalue weighted by Crippen LogP contribution is -2.47. The van der Waals surface area contributed by atoms with Gasteiger partial charge in [0.25, 0.3) is 0 Å². The number of halogens is 1. The molecule has 0 aromatic carbocycles. The molecule has 6 heteroatoms. The molecule has 2 aliphatic heterocycles. The predicted octanol–water partition coefficient (Wildman–Crippen LogP) is 3.67. The van der Waals surface area contributed by atoms with Crippen LogP contribution in [0.3, 0.4) is 0 Å². The lowest BCUT2D eigenvalue weighted by molar-refractivity contribution is -0.0367. The first-order valence-electron chi connectivity index (χ1n) is 11.1. The SMILES string of the molecule is CCNC(=NCC(C1CC1)C1CC1)N1CCC(OCC2CCCO2)CC1.I. The number of ether oxygens (including phenoxy) is 2. The van der Waals surface area contributed by atoms with E-state index >= 15 is 0 Å². The van der Waals surface area contributed by atoms with E-state index in [0.717, 1.165) is 75.9 Å². The maximum atomic E-state index is 6.12. The number of guanidine groups is 1. The number of nitrogens with one attached hydrogen (secondary N) is 1. The highest BCUT2D eigenvalue weighted by Crippen LogP contribution is 2.49. The van der Waals surface area contributed by atoms with Gasteiger partial charge < -0.3 is 19.7 Å². The molecule has 1 N–H and O–H groups in total. The van der Waals surface area contributed by atoms with E-state index in [9.17, 15) is 0 Å². The lowest BCUT2D eigenvalue weighted by atomic mass is 9.98. The van der Waals surface area contributed by atoms with Gasteiger partial charge in [-0.15, -0.1) is 24.0 Å². The van der Waals surface area contributed by atoms with Crippen LogP contribution >= 0.6 is 24.0 Å². The third-order valence-electron chi connectivity index (χ3n) is 6.53. The Morgan fingerprint density at radius 2 is 1.81 bits per heavy atom. The molecule has 0 aromatic rings. The van der Waals surface area contributed by atoms with Crippen LogP contribution in [0.25, 0.3) is 0 Å². The first kappa shape index (κ1) is 21.6. The molecule has 0 spiro atoms. The average molecular weight is 491 g/mol. The summed E-state index contributed by atoms with van der Waals surface area (Å²) in [6.45, 7) is 7.96. The molecule has 1 unspecified atom stereocenters. The summed E-state index contributed by atoms with van der Waals surface area (Å²) in [6.07, 6.45) is 11.1. The Balaban J connectivity index is 0.00000210. The summed E-state index contributed by atoms with van der Waals surface area (Å²) in [7, 11) is 0. The minimum atomic E-state index is 0. The first-order valence-corrected chi connectivity index (χ1v) is 11.1. The zero-order chi connectivity index (χ0) is 17.8. The van der Waals surface area contributed by atoms with Gasteiger partial charge in [-0.25, -0.2) is 0 Å². The van der Waals surface area contributed by atoms with Crippen LogP contribution in [0.5, 0.6) is 0 Å². The summed E-state index contributed by atoms with van der Waals surface area (Å²) in [4.78, 5) is 7.52. The first-order chi connectivity index (χ1) is 12.8. The molecule has 0 aromatic heterocycles. The Morgan fingerprint density at radius 3 is 2.37 bits per heavy atom. The molecule has 0 radical (unpaired) electrons. The van der Waals surface area contributed by atoms with Crippen LogP contribution in [-0.4, -0.2) is 62.5 Å². The maximum absolute atomic E-state index is 6.12. The zero-order valence-corrected chi connectivity index (χ0v) is 19.2. The number of nitrogens with zero attached hydrogens (tertiary/aromatic N) is 2. The smallest absolute Gasteiger partial charge is 0.193 e. The van der Waals surface area contributed by atoms with Crippen molar-refractivity contribution in [1.29, 1.82) is 0 Å². The summed E-state index contributed by atoms with van der Waals surface area (Å²) in [5, 5.41) is 3.53. The van der Waals surface area contributed by atoms with Gasteiger partial charge in [-0.05, 0) is 76.0 Å². The van der Waals surface area contributed by atoms with Crippen molar-refractivity contribution in [3.63, 3.8) is 0 Å². The van der Waals surface area contributed by atoms with Crippen LogP contribution in [0, 0.1) is 17.8 Å². The van der Waals surface area contributed by atoms with Crippen LogP contribution in [-0.2, 0) is 9.47 Å². The number of rotatable bonds is 8. The molecule has 5 nitrogen and oxygen atoms in total. The van der Waals surface area contributed by atoms with Crippen LogP contribution in [0.4, 0.5) is 0 Å². The normalized spacial score (nSPS) is 27.1. The Bertz CT molecular complexity index is 456. The van der Waals surface area contributed by atoms with E-state index in [2.05, 4.69) is 17.1 Å². The molecule has 4 aliphatic rings. The minimum Gasteiger partial charge on any atom is -0.376 e. The van der Waals surface area contributed by atoms with Crippen molar-refractivity contribution >= 4 is 29.9 Å². The predicted molar refractivity (Wildman–Crippen MR) is 120 cm³/mol. The fourth-order valence-corrected chi connectivity index (χ4v) is 4.60. The highest BCUT2D eigenvalue weighted by molar-refractivity contribution is 14.0. The molecule has 4 fully saturated rings. The highest BCUT2D eigenvalue weighted by atomic mass is 127. The average Bonchev–Trinajstić information content (AvgIpc) is 3.60. The number of piperidine rings is 1. The maximum Gasteiger partial charge on any atom is 0.193 e. The van der Waals surface area contributed by atoms with E-state index < -0.39 is 0 Å². The van der Waals surface area contributed by atoms with Gasteiger partial charge in [0.2, 0.25) is 0 Å².